The molecule has 0 saturated heterocycles. The summed E-state index contributed by atoms with van der Waals surface area (Å²) in [5.41, 5.74) is -0.767. The predicted molar refractivity (Wildman–Crippen MR) is 260 cm³/mol. The predicted octanol–water partition coefficient (Wildman–Crippen LogP) is 13.9. The number of ether oxygens (including phenoxy) is 2. The van der Waals surface area contributed by atoms with Gasteiger partial charge >= 0.3 is 41.5 Å². The molecular formula is C54H93NaO7S. The zero-order valence-electron chi connectivity index (χ0n) is 41.1. The van der Waals surface area contributed by atoms with E-state index < -0.39 is 32.5 Å². The molecule has 1 rings (SSSR count). The van der Waals surface area contributed by atoms with Gasteiger partial charge in [0.15, 0.2) is 0 Å². The molecular weight excluding hydrogens is 816 g/mol. The first-order valence-corrected chi connectivity index (χ1v) is 27.4. The van der Waals surface area contributed by atoms with Gasteiger partial charge in [0.25, 0.3) is 0 Å². The molecule has 0 unspecified atom stereocenters. The summed E-state index contributed by atoms with van der Waals surface area (Å²) in [5.74, 6) is -1.80. The molecule has 0 bridgehead atoms. The SMILES string of the molecule is C/C=C/CCCCCCCCCCCCCCCCCCCCOC(=O)c1cccc(S(=O)(=O)[O-])c1C(=O)OCCCCCCCCCCCCCCCCCCCC/C=C/C.[Na+]. The Labute approximate surface area is 410 Å². The van der Waals surface area contributed by atoms with Crippen LogP contribution in [0.15, 0.2) is 47.4 Å². The Morgan fingerprint density at radius 2 is 0.714 bits per heavy atom. The molecule has 7 nitrogen and oxygen atoms in total. The van der Waals surface area contributed by atoms with E-state index in [0.29, 0.717) is 12.8 Å². The second-order valence-electron chi connectivity index (χ2n) is 17.8. The Morgan fingerprint density at radius 3 is 1.00 bits per heavy atom. The minimum absolute atomic E-state index is 0. The van der Waals surface area contributed by atoms with Crippen molar-refractivity contribution >= 4 is 22.1 Å². The van der Waals surface area contributed by atoms with E-state index in [0.717, 1.165) is 44.6 Å². The average Bonchev–Trinajstić information content (AvgIpc) is 3.26. The second-order valence-corrected chi connectivity index (χ2v) is 19.2. The number of unbranched alkanes of at least 4 members (excludes halogenated alkanes) is 36. The third-order valence-electron chi connectivity index (χ3n) is 12.2. The van der Waals surface area contributed by atoms with Crippen LogP contribution in [-0.4, -0.2) is 38.1 Å². The van der Waals surface area contributed by atoms with Gasteiger partial charge in [0.05, 0.1) is 29.2 Å². The maximum Gasteiger partial charge on any atom is 1.00 e. The Morgan fingerprint density at radius 1 is 0.444 bits per heavy atom. The van der Waals surface area contributed by atoms with Crippen LogP contribution in [0, 0.1) is 0 Å². The summed E-state index contributed by atoms with van der Waals surface area (Å²) in [6, 6.07) is 3.65. The van der Waals surface area contributed by atoms with Gasteiger partial charge in [-0.1, -0.05) is 236 Å². The van der Waals surface area contributed by atoms with E-state index in [1.54, 1.807) is 0 Å². The van der Waals surface area contributed by atoms with E-state index in [1.807, 2.05) is 0 Å². The number of benzene rings is 1. The van der Waals surface area contributed by atoms with Crippen molar-refractivity contribution in [2.24, 2.45) is 0 Å². The first kappa shape index (κ1) is 61.5. The van der Waals surface area contributed by atoms with Gasteiger partial charge in [-0.15, -0.1) is 0 Å². The van der Waals surface area contributed by atoms with E-state index in [2.05, 4.69) is 38.2 Å². The van der Waals surface area contributed by atoms with Gasteiger partial charge in [0.1, 0.15) is 10.1 Å². The Hall–Kier alpha value is -1.45. The zero-order valence-corrected chi connectivity index (χ0v) is 43.9. The van der Waals surface area contributed by atoms with Gasteiger partial charge in [-0.05, 0) is 64.5 Å². The van der Waals surface area contributed by atoms with Crippen molar-refractivity contribution in [2.45, 2.75) is 263 Å². The number of allylic oxidation sites excluding steroid dienone is 4. The van der Waals surface area contributed by atoms with Crippen LogP contribution < -0.4 is 29.6 Å². The van der Waals surface area contributed by atoms with Crippen molar-refractivity contribution in [3.8, 4) is 0 Å². The number of hydrogen-bond donors (Lipinski definition) is 0. The van der Waals surface area contributed by atoms with Crippen molar-refractivity contribution in [1.29, 1.82) is 0 Å². The number of carbonyl (C=O) groups excluding carboxylic acids is 2. The molecule has 0 aromatic heterocycles. The first-order chi connectivity index (χ1) is 30.3. The Bertz CT molecular complexity index is 1380. The van der Waals surface area contributed by atoms with Crippen molar-refractivity contribution in [2.75, 3.05) is 13.2 Å². The van der Waals surface area contributed by atoms with Gasteiger partial charge in [0, 0.05) is 0 Å². The van der Waals surface area contributed by atoms with Gasteiger partial charge in [-0.25, -0.2) is 18.0 Å². The third kappa shape index (κ3) is 37.3. The van der Waals surface area contributed by atoms with Gasteiger partial charge in [0.2, 0.25) is 0 Å². The van der Waals surface area contributed by atoms with Crippen LogP contribution in [0.1, 0.15) is 279 Å². The average molecular weight is 909 g/mol. The Balaban J connectivity index is 0.0000384. The molecule has 0 spiro atoms. The molecule has 1 aromatic rings. The summed E-state index contributed by atoms with van der Waals surface area (Å²) in [5, 5.41) is 0. The van der Waals surface area contributed by atoms with E-state index in [-0.39, 0.29) is 48.3 Å². The summed E-state index contributed by atoms with van der Waals surface area (Å²) >= 11 is 0. The van der Waals surface area contributed by atoms with Gasteiger partial charge in [-0.3, -0.25) is 0 Å². The van der Waals surface area contributed by atoms with Crippen molar-refractivity contribution in [3.05, 3.63) is 53.6 Å². The molecule has 0 atom stereocenters. The molecule has 0 radical (unpaired) electrons. The maximum atomic E-state index is 13.1. The summed E-state index contributed by atoms with van der Waals surface area (Å²) < 4.78 is 47.0. The quantitative estimate of drug-likeness (QED) is 0.0211. The molecule has 1 aromatic carbocycles. The summed E-state index contributed by atoms with van der Waals surface area (Å²) in [7, 11) is -5.02. The standard InChI is InChI=1S/C54H94O7S.Na/c1-3-5-7-9-11-13-15-17-19-21-23-25-27-29-31-33-35-37-39-41-43-48-60-53(55)50-46-45-47-51(62(57,58)59)52(50)54(56)61-49-44-42-40-38-36-34-32-30-28-26-24-22-20-18-16-14-12-10-8-6-4-2;/h3-6,45-47H,7-44,48-49H2,1-2H3,(H,57,58,59);/q;+1/p-1/b5-3+,6-4+;. The Kier molecular flexibility index (Phi) is 44.6. The fourth-order valence-electron chi connectivity index (χ4n) is 8.32. The molecule has 0 aliphatic carbocycles. The van der Waals surface area contributed by atoms with E-state index in [4.69, 9.17) is 9.47 Å². The molecule has 0 heterocycles. The fraction of sp³-hybridized carbons (Fsp3) is 0.778. The molecule has 0 saturated carbocycles. The van der Waals surface area contributed by atoms with Crippen LogP contribution in [0.25, 0.3) is 0 Å². The van der Waals surface area contributed by atoms with Gasteiger partial charge in [-0.2, -0.15) is 0 Å². The largest absolute Gasteiger partial charge is 1.00 e. The van der Waals surface area contributed by atoms with E-state index >= 15 is 0 Å². The summed E-state index contributed by atoms with van der Waals surface area (Å²) in [6.07, 6.45) is 56.4. The van der Waals surface area contributed by atoms with Crippen LogP contribution >= 0.6 is 0 Å². The third-order valence-corrected chi connectivity index (χ3v) is 13.1. The van der Waals surface area contributed by atoms with Crippen LogP contribution in [0.2, 0.25) is 0 Å². The number of carbonyl (C=O) groups is 2. The molecule has 0 aliphatic heterocycles. The molecule has 0 amide bonds. The molecule has 358 valence electrons. The zero-order chi connectivity index (χ0) is 45.0. The van der Waals surface area contributed by atoms with Gasteiger partial charge < -0.3 is 14.0 Å². The number of hydrogen-bond acceptors (Lipinski definition) is 7. The second kappa shape index (κ2) is 45.7. The summed E-state index contributed by atoms with van der Waals surface area (Å²) in [4.78, 5) is 25.3. The first-order valence-electron chi connectivity index (χ1n) is 26.0. The molecule has 9 heteroatoms. The molecule has 0 fully saturated rings. The van der Waals surface area contributed by atoms with Crippen molar-refractivity contribution in [3.63, 3.8) is 0 Å². The monoisotopic (exact) mass is 909 g/mol. The number of esters is 2. The van der Waals surface area contributed by atoms with Crippen LogP contribution in [-0.2, 0) is 19.6 Å². The molecule has 63 heavy (non-hydrogen) atoms. The van der Waals surface area contributed by atoms with Crippen LogP contribution in [0.5, 0.6) is 0 Å². The van der Waals surface area contributed by atoms with E-state index in [9.17, 15) is 22.6 Å². The fourth-order valence-corrected chi connectivity index (χ4v) is 9.01. The normalized spacial score (nSPS) is 11.7. The maximum absolute atomic E-state index is 13.1. The smallest absolute Gasteiger partial charge is 0.744 e. The molecule has 0 aliphatic rings. The van der Waals surface area contributed by atoms with Crippen LogP contribution in [0.3, 0.4) is 0 Å². The summed E-state index contributed by atoms with van der Waals surface area (Å²) in [6.45, 7) is 4.45. The van der Waals surface area contributed by atoms with E-state index in [1.165, 1.54) is 205 Å². The number of rotatable bonds is 45. The van der Waals surface area contributed by atoms with Crippen molar-refractivity contribution in [1.82, 2.24) is 0 Å². The van der Waals surface area contributed by atoms with Crippen molar-refractivity contribution < 1.29 is 61.6 Å². The minimum atomic E-state index is -5.02. The topological polar surface area (TPSA) is 110 Å². The van der Waals surface area contributed by atoms with Crippen LogP contribution in [0.4, 0.5) is 0 Å². The minimum Gasteiger partial charge on any atom is -0.744 e. The molecule has 0 N–H and O–H groups in total.